The number of rotatable bonds is 7. The van der Waals surface area contributed by atoms with Crippen LogP contribution in [-0.2, 0) is 21.4 Å². The van der Waals surface area contributed by atoms with E-state index in [9.17, 15) is 9.59 Å². The van der Waals surface area contributed by atoms with Crippen LogP contribution in [0.25, 0.3) is 11.4 Å². The van der Waals surface area contributed by atoms with Crippen molar-refractivity contribution < 1.29 is 19.1 Å². The molecule has 1 aromatic heterocycles. The number of aromatic nitrogens is 3. The molecule has 1 atom stereocenters. The van der Waals surface area contributed by atoms with E-state index in [1.54, 1.807) is 18.9 Å². The van der Waals surface area contributed by atoms with Gasteiger partial charge in [0.05, 0.1) is 25.0 Å². The van der Waals surface area contributed by atoms with Gasteiger partial charge in [0.1, 0.15) is 11.8 Å². The van der Waals surface area contributed by atoms with E-state index in [1.807, 2.05) is 35.9 Å². The minimum atomic E-state index is -0.486. The van der Waals surface area contributed by atoms with Gasteiger partial charge >= 0.3 is 5.97 Å². The second-order valence-corrected chi connectivity index (χ2v) is 7.65. The lowest BCUT2D eigenvalue weighted by Gasteiger charge is -2.33. The summed E-state index contributed by atoms with van der Waals surface area (Å²) in [5, 5.41) is 9.12. The number of thioether (sulfide) groups is 1. The number of esters is 1. The zero-order valence-electron chi connectivity index (χ0n) is 17.0. The lowest BCUT2D eigenvalue weighted by molar-refractivity contribution is -0.155. The van der Waals surface area contributed by atoms with Crippen LogP contribution in [0.5, 0.6) is 5.75 Å². The molecule has 0 aliphatic carbocycles. The Morgan fingerprint density at radius 1 is 1.24 bits per heavy atom. The molecule has 0 bridgehead atoms. The first kappa shape index (κ1) is 21.2. The molecule has 29 heavy (non-hydrogen) atoms. The third-order valence-corrected chi connectivity index (χ3v) is 5.89. The number of piperidine rings is 1. The number of hydrogen-bond acceptors (Lipinski definition) is 7. The standard InChI is InChI=1S/C20H26N4O4S/c1-4-28-19(26)15-10-7-8-12-24(15)17(25)13-29-20-22-21-18(23(20)2)14-9-5-6-11-16(14)27-3/h5-6,9,11,15H,4,7-8,10,12-13H2,1-3H3/t15-/m1/s1. The van der Waals surface area contributed by atoms with Gasteiger partial charge in [-0.2, -0.15) is 0 Å². The predicted molar refractivity (Wildman–Crippen MR) is 110 cm³/mol. The minimum absolute atomic E-state index is 0.0883. The Hall–Kier alpha value is -2.55. The van der Waals surface area contributed by atoms with Crippen LogP contribution in [0.15, 0.2) is 29.4 Å². The van der Waals surface area contributed by atoms with E-state index < -0.39 is 6.04 Å². The molecule has 0 N–H and O–H groups in total. The summed E-state index contributed by atoms with van der Waals surface area (Å²) in [5.41, 5.74) is 0.835. The molecule has 1 fully saturated rings. The van der Waals surface area contributed by atoms with Crippen LogP contribution < -0.4 is 4.74 Å². The number of likely N-dealkylation sites (tertiary alicyclic amines) is 1. The molecule has 0 radical (unpaired) electrons. The topological polar surface area (TPSA) is 86.6 Å². The highest BCUT2D eigenvalue weighted by Crippen LogP contribution is 2.30. The fourth-order valence-electron chi connectivity index (χ4n) is 3.43. The van der Waals surface area contributed by atoms with Gasteiger partial charge in [0.2, 0.25) is 5.91 Å². The fraction of sp³-hybridized carbons (Fsp3) is 0.500. The normalized spacial score (nSPS) is 16.5. The van der Waals surface area contributed by atoms with Crippen LogP contribution >= 0.6 is 11.8 Å². The van der Waals surface area contributed by atoms with E-state index in [1.165, 1.54) is 11.8 Å². The molecule has 3 rings (SSSR count). The molecule has 1 saturated heterocycles. The maximum Gasteiger partial charge on any atom is 0.328 e. The summed E-state index contributed by atoms with van der Waals surface area (Å²) < 4.78 is 12.4. The van der Waals surface area contributed by atoms with E-state index >= 15 is 0 Å². The number of hydrogen-bond donors (Lipinski definition) is 0. The van der Waals surface area contributed by atoms with E-state index in [4.69, 9.17) is 9.47 Å². The van der Waals surface area contributed by atoms with Crippen molar-refractivity contribution in [3.05, 3.63) is 24.3 Å². The molecule has 9 heteroatoms. The van der Waals surface area contributed by atoms with Gasteiger partial charge in [0.25, 0.3) is 0 Å². The Morgan fingerprint density at radius 3 is 2.79 bits per heavy atom. The zero-order chi connectivity index (χ0) is 20.8. The molecule has 0 saturated carbocycles. The Morgan fingerprint density at radius 2 is 2.03 bits per heavy atom. The number of methoxy groups -OCH3 is 1. The van der Waals surface area contributed by atoms with Crippen LogP contribution in [-0.4, -0.2) is 63.6 Å². The highest BCUT2D eigenvalue weighted by Gasteiger charge is 2.33. The number of para-hydroxylation sites is 1. The second kappa shape index (κ2) is 9.78. The third kappa shape index (κ3) is 4.72. The Kier molecular flexibility index (Phi) is 7.13. The van der Waals surface area contributed by atoms with Crippen molar-refractivity contribution in [3.8, 4) is 17.1 Å². The average molecular weight is 419 g/mol. The summed E-state index contributed by atoms with van der Waals surface area (Å²) >= 11 is 1.31. The van der Waals surface area contributed by atoms with Crippen LogP contribution in [0.2, 0.25) is 0 Å². The van der Waals surface area contributed by atoms with Gasteiger partial charge in [-0.3, -0.25) is 4.79 Å². The molecular weight excluding hydrogens is 392 g/mol. The Balaban J connectivity index is 1.69. The van der Waals surface area contributed by atoms with Crippen molar-refractivity contribution >= 4 is 23.6 Å². The smallest absolute Gasteiger partial charge is 0.328 e. The summed E-state index contributed by atoms with van der Waals surface area (Å²) in [6.45, 7) is 2.67. The number of carbonyl (C=O) groups is 2. The van der Waals surface area contributed by atoms with Gasteiger partial charge < -0.3 is 18.9 Å². The second-order valence-electron chi connectivity index (χ2n) is 6.70. The van der Waals surface area contributed by atoms with Crippen LogP contribution in [0.3, 0.4) is 0 Å². The fourth-order valence-corrected chi connectivity index (χ4v) is 4.22. The lowest BCUT2D eigenvalue weighted by Crippen LogP contribution is -2.49. The molecule has 2 aromatic rings. The summed E-state index contributed by atoms with van der Waals surface area (Å²) in [5.74, 6) is 1.16. The van der Waals surface area contributed by atoms with E-state index in [-0.39, 0.29) is 17.6 Å². The van der Waals surface area contributed by atoms with Crippen molar-refractivity contribution in [2.75, 3.05) is 26.0 Å². The average Bonchev–Trinajstić information content (AvgIpc) is 3.12. The predicted octanol–water partition coefficient (Wildman–Crippen LogP) is 2.53. The van der Waals surface area contributed by atoms with Crippen molar-refractivity contribution in [2.45, 2.75) is 37.4 Å². The van der Waals surface area contributed by atoms with E-state index in [0.717, 1.165) is 18.4 Å². The molecule has 0 unspecified atom stereocenters. The van der Waals surface area contributed by atoms with E-state index in [2.05, 4.69) is 10.2 Å². The number of nitrogens with zero attached hydrogens (tertiary/aromatic N) is 4. The summed E-state index contributed by atoms with van der Waals surface area (Å²) in [6.07, 6.45) is 2.47. The minimum Gasteiger partial charge on any atom is -0.496 e. The SMILES string of the molecule is CCOC(=O)[C@H]1CCCCN1C(=O)CSc1nnc(-c2ccccc2OC)n1C. The number of ether oxygens (including phenoxy) is 2. The van der Waals surface area contributed by atoms with Crippen LogP contribution in [0.4, 0.5) is 0 Å². The number of benzene rings is 1. The highest BCUT2D eigenvalue weighted by atomic mass is 32.2. The first-order valence-electron chi connectivity index (χ1n) is 9.68. The third-order valence-electron chi connectivity index (χ3n) is 4.89. The van der Waals surface area contributed by atoms with Crippen molar-refractivity contribution in [2.24, 2.45) is 7.05 Å². The molecule has 156 valence electrons. The molecule has 1 aromatic carbocycles. The molecule has 1 aliphatic rings. The Labute approximate surface area is 174 Å². The van der Waals surface area contributed by atoms with E-state index in [0.29, 0.717) is 36.3 Å². The van der Waals surface area contributed by atoms with Crippen LogP contribution in [0.1, 0.15) is 26.2 Å². The Bertz CT molecular complexity index is 870. The lowest BCUT2D eigenvalue weighted by atomic mass is 10.0. The van der Waals surface area contributed by atoms with Crippen molar-refractivity contribution in [1.29, 1.82) is 0 Å². The maximum atomic E-state index is 12.8. The molecule has 2 heterocycles. The van der Waals surface area contributed by atoms with Gasteiger partial charge in [0.15, 0.2) is 11.0 Å². The highest BCUT2D eigenvalue weighted by molar-refractivity contribution is 7.99. The van der Waals surface area contributed by atoms with Gasteiger partial charge in [-0.1, -0.05) is 23.9 Å². The molecule has 1 amide bonds. The maximum absolute atomic E-state index is 12.8. The molecule has 1 aliphatic heterocycles. The summed E-state index contributed by atoms with van der Waals surface area (Å²) in [4.78, 5) is 26.6. The zero-order valence-corrected chi connectivity index (χ0v) is 17.8. The summed E-state index contributed by atoms with van der Waals surface area (Å²) in [7, 11) is 3.47. The molecule has 0 spiro atoms. The van der Waals surface area contributed by atoms with Crippen molar-refractivity contribution in [1.82, 2.24) is 19.7 Å². The largest absolute Gasteiger partial charge is 0.496 e. The molecule has 8 nitrogen and oxygen atoms in total. The van der Waals surface area contributed by atoms with Gasteiger partial charge in [-0.05, 0) is 38.3 Å². The quantitative estimate of drug-likeness (QED) is 0.504. The first-order valence-corrected chi connectivity index (χ1v) is 10.7. The monoisotopic (exact) mass is 418 g/mol. The summed E-state index contributed by atoms with van der Waals surface area (Å²) in [6, 6.07) is 7.10. The number of carbonyl (C=O) groups excluding carboxylic acids is 2. The van der Waals surface area contributed by atoms with Gasteiger partial charge in [-0.25, -0.2) is 4.79 Å². The molecular formula is C20H26N4O4S. The first-order chi connectivity index (χ1) is 14.1. The van der Waals surface area contributed by atoms with Crippen molar-refractivity contribution in [3.63, 3.8) is 0 Å². The number of amides is 1. The van der Waals surface area contributed by atoms with Crippen LogP contribution in [0, 0.1) is 0 Å². The van der Waals surface area contributed by atoms with Gasteiger partial charge in [0, 0.05) is 13.6 Å². The van der Waals surface area contributed by atoms with Gasteiger partial charge in [-0.15, -0.1) is 10.2 Å².